The molecule has 0 bridgehead atoms. The molecule has 0 fully saturated rings. The molecule has 4 nitrogen and oxygen atoms in total. The van der Waals surface area contributed by atoms with Crippen molar-refractivity contribution in [3.8, 4) is 0 Å². The Morgan fingerprint density at radius 2 is 2.00 bits per heavy atom. The van der Waals surface area contributed by atoms with Gasteiger partial charge in [0.25, 0.3) is 0 Å². The Labute approximate surface area is 133 Å². The molecule has 21 heavy (non-hydrogen) atoms. The van der Waals surface area contributed by atoms with Gasteiger partial charge in [0.15, 0.2) is 0 Å². The number of esters is 1. The molecular weight excluding hydrogens is 287 g/mol. The lowest BCUT2D eigenvalue weighted by molar-refractivity contribution is -0.135. The number of hydrogen-bond donors (Lipinski definition) is 1. The summed E-state index contributed by atoms with van der Waals surface area (Å²) in [5.74, 6) is -0.167. The van der Waals surface area contributed by atoms with Crippen LogP contribution in [0.3, 0.4) is 0 Å². The summed E-state index contributed by atoms with van der Waals surface area (Å²) in [6.07, 6.45) is 6.00. The first-order valence-corrected chi connectivity index (χ1v) is 8.32. The molecule has 0 aromatic rings. The molecular formula is C15H27BO4S. The van der Waals surface area contributed by atoms with E-state index in [1.54, 1.807) is 12.3 Å². The zero-order chi connectivity index (χ0) is 16.6. The minimum atomic E-state index is -1.07. The van der Waals surface area contributed by atoms with Crippen LogP contribution < -0.4 is 0 Å². The van der Waals surface area contributed by atoms with E-state index in [-0.39, 0.29) is 5.92 Å². The van der Waals surface area contributed by atoms with E-state index >= 15 is 0 Å². The number of ether oxygens (including phenoxy) is 1. The molecule has 0 saturated heterocycles. The molecule has 0 aliphatic heterocycles. The van der Waals surface area contributed by atoms with Crippen molar-refractivity contribution in [2.75, 3.05) is 13.4 Å². The fraction of sp³-hybridized carbons (Fsp3) is 0.667. The molecule has 0 spiro atoms. The Hall–Kier alpha value is -0.715. The van der Waals surface area contributed by atoms with E-state index in [4.69, 9.17) is 9.39 Å². The molecule has 0 unspecified atom stereocenters. The summed E-state index contributed by atoms with van der Waals surface area (Å²) in [6, 6.07) is 0. The number of thioether (sulfide) groups is 1. The highest BCUT2D eigenvalue weighted by Crippen LogP contribution is 2.24. The highest BCUT2D eigenvalue weighted by molar-refractivity contribution is 8.03. The Balaban J connectivity index is 5.28. The maximum absolute atomic E-state index is 11.6. The van der Waals surface area contributed by atoms with Gasteiger partial charge in [-0.1, -0.05) is 26.8 Å². The SMILES string of the molecule is CC/C=C(/C=C(\SC)C(=O)OC)B(O)OC(C)(C)C(C)C. The molecule has 0 aromatic heterocycles. The highest BCUT2D eigenvalue weighted by atomic mass is 32.2. The summed E-state index contributed by atoms with van der Waals surface area (Å²) in [5.41, 5.74) is 0.103. The van der Waals surface area contributed by atoms with Gasteiger partial charge in [-0.25, -0.2) is 4.79 Å². The minimum absolute atomic E-state index is 0.250. The van der Waals surface area contributed by atoms with E-state index < -0.39 is 18.7 Å². The van der Waals surface area contributed by atoms with Crippen LogP contribution in [-0.2, 0) is 14.2 Å². The fourth-order valence-electron chi connectivity index (χ4n) is 1.41. The monoisotopic (exact) mass is 314 g/mol. The summed E-state index contributed by atoms with van der Waals surface area (Å²) < 4.78 is 10.5. The average molecular weight is 314 g/mol. The maximum Gasteiger partial charge on any atom is 0.491 e. The Morgan fingerprint density at radius 3 is 2.38 bits per heavy atom. The number of hydrogen-bond acceptors (Lipinski definition) is 5. The first-order chi connectivity index (χ1) is 9.69. The summed E-state index contributed by atoms with van der Waals surface area (Å²) in [5, 5.41) is 10.3. The van der Waals surface area contributed by atoms with Gasteiger partial charge in [0.2, 0.25) is 0 Å². The van der Waals surface area contributed by atoms with E-state index in [1.165, 1.54) is 18.9 Å². The molecule has 6 heteroatoms. The molecule has 0 aliphatic rings. The molecule has 0 aromatic carbocycles. The van der Waals surface area contributed by atoms with Crippen molar-refractivity contribution in [1.29, 1.82) is 0 Å². The van der Waals surface area contributed by atoms with E-state index in [0.29, 0.717) is 10.4 Å². The number of rotatable bonds is 8. The molecule has 0 aliphatic carbocycles. The molecule has 0 rings (SSSR count). The second-order valence-corrected chi connectivity index (χ2v) is 6.39. The highest BCUT2D eigenvalue weighted by Gasteiger charge is 2.31. The molecule has 0 atom stereocenters. The van der Waals surface area contributed by atoms with E-state index in [1.807, 2.05) is 40.7 Å². The van der Waals surface area contributed by atoms with Gasteiger partial charge in [-0.05, 0) is 44.0 Å². The molecule has 120 valence electrons. The largest absolute Gasteiger partial charge is 0.491 e. The second kappa shape index (κ2) is 9.33. The molecule has 0 heterocycles. The summed E-state index contributed by atoms with van der Waals surface area (Å²) >= 11 is 1.28. The lowest BCUT2D eigenvalue weighted by atomic mass is 9.75. The zero-order valence-corrected chi connectivity index (χ0v) is 14.9. The quantitative estimate of drug-likeness (QED) is 0.323. The van der Waals surface area contributed by atoms with E-state index in [2.05, 4.69) is 0 Å². The van der Waals surface area contributed by atoms with E-state index in [0.717, 1.165) is 6.42 Å². The predicted molar refractivity (Wildman–Crippen MR) is 90.0 cm³/mol. The predicted octanol–water partition coefficient (Wildman–Crippen LogP) is 3.21. The van der Waals surface area contributed by atoms with Gasteiger partial charge >= 0.3 is 13.1 Å². The lowest BCUT2D eigenvalue weighted by Gasteiger charge is -2.31. The summed E-state index contributed by atoms with van der Waals surface area (Å²) in [6.45, 7) is 9.90. The third-order valence-corrected chi connectivity index (χ3v) is 4.16. The maximum atomic E-state index is 11.6. The molecule has 0 amide bonds. The Kier molecular flexibility index (Phi) is 9.01. The number of allylic oxidation sites excluding steroid dienone is 3. The summed E-state index contributed by atoms with van der Waals surface area (Å²) in [7, 11) is 0.263. The smallest absolute Gasteiger partial charge is 0.465 e. The van der Waals surface area contributed by atoms with Crippen molar-refractivity contribution < 1.29 is 19.2 Å². The van der Waals surface area contributed by atoms with Gasteiger partial charge in [-0.15, -0.1) is 11.8 Å². The van der Waals surface area contributed by atoms with Gasteiger partial charge in [0.05, 0.1) is 17.6 Å². The van der Waals surface area contributed by atoms with Crippen molar-refractivity contribution in [3.63, 3.8) is 0 Å². The first kappa shape index (κ1) is 20.3. The lowest BCUT2D eigenvalue weighted by Crippen LogP contribution is -2.39. The van der Waals surface area contributed by atoms with Crippen LogP contribution in [0.25, 0.3) is 0 Å². The van der Waals surface area contributed by atoms with Crippen LogP contribution in [0.5, 0.6) is 0 Å². The second-order valence-electron chi connectivity index (χ2n) is 5.55. The third-order valence-electron chi connectivity index (χ3n) is 3.44. The number of methoxy groups -OCH3 is 1. The van der Waals surface area contributed by atoms with Crippen LogP contribution in [0.2, 0.25) is 0 Å². The Morgan fingerprint density at radius 1 is 1.43 bits per heavy atom. The molecule has 0 radical (unpaired) electrons. The minimum Gasteiger partial charge on any atom is -0.465 e. The molecule has 1 N–H and O–H groups in total. The average Bonchev–Trinajstić information content (AvgIpc) is 2.41. The van der Waals surface area contributed by atoms with Crippen molar-refractivity contribution in [1.82, 2.24) is 0 Å². The first-order valence-electron chi connectivity index (χ1n) is 7.09. The standard InChI is InChI=1S/C15H27BO4S/c1-8-9-12(10-13(21-7)14(17)19-6)16(18)20-15(4,5)11(2)3/h9-11,18H,8H2,1-7H3/b12-9-,13-10-. The zero-order valence-electron chi connectivity index (χ0n) is 14.1. The topological polar surface area (TPSA) is 55.8 Å². The van der Waals surface area contributed by atoms with Crippen LogP contribution in [-0.4, -0.2) is 37.1 Å². The van der Waals surface area contributed by atoms with Gasteiger partial charge in [0.1, 0.15) is 0 Å². The van der Waals surface area contributed by atoms with Gasteiger partial charge in [0, 0.05) is 0 Å². The van der Waals surface area contributed by atoms with Crippen LogP contribution in [0.4, 0.5) is 0 Å². The van der Waals surface area contributed by atoms with Crippen molar-refractivity contribution in [3.05, 3.63) is 22.5 Å². The summed E-state index contributed by atoms with van der Waals surface area (Å²) in [4.78, 5) is 12.1. The van der Waals surface area contributed by atoms with Crippen LogP contribution >= 0.6 is 11.8 Å². The van der Waals surface area contributed by atoms with E-state index in [9.17, 15) is 9.82 Å². The van der Waals surface area contributed by atoms with Gasteiger partial charge < -0.3 is 14.4 Å². The van der Waals surface area contributed by atoms with Crippen LogP contribution in [0, 0.1) is 5.92 Å². The van der Waals surface area contributed by atoms with Crippen LogP contribution in [0.15, 0.2) is 22.5 Å². The molecule has 0 saturated carbocycles. The van der Waals surface area contributed by atoms with Crippen LogP contribution in [0.1, 0.15) is 41.0 Å². The number of carbonyl (C=O) groups is 1. The van der Waals surface area contributed by atoms with Crippen molar-refractivity contribution >= 4 is 24.8 Å². The van der Waals surface area contributed by atoms with Crippen molar-refractivity contribution in [2.45, 2.75) is 46.6 Å². The Bertz CT molecular complexity index is 402. The normalized spacial score (nSPS) is 13.6. The fourth-order valence-corrected chi connectivity index (χ4v) is 1.92. The number of carbonyl (C=O) groups excluding carboxylic acids is 1. The third kappa shape index (κ3) is 6.72. The van der Waals surface area contributed by atoms with Crippen molar-refractivity contribution in [2.24, 2.45) is 5.92 Å². The van der Waals surface area contributed by atoms with Gasteiger partial charge in [-0.3, -0.25) is 0 Å². The van der Waals surface area contributed by atoms with Gasteiger partial charge in [-0.2, -0.15) is 0 Å².